The van der Waals surface area contributed by atoms with E-state index in [-0.39, 0.29) is 5.75 Å². The van der Waals surface area contributed by atoms with E-state index in [1.807, 2.05) is 13.0 Å². The van der Waals surface area contributed by atoms with Gasteiger partial charge in [0, 0.05) is 11.8 Å². The fourth-order valence-electron chi connectivity index (χ4n) is 1.42. The zero-order valence-corrected chi connectivity index (χ0v) is 10.5. The molecule has 0 fully saturated rings. The molecule has 0 saturated carbocycles. The summed E-state index contributed by atoms with van der Waals surface area (Å²) < 4.78 is 39.7. The Hall–Kier alpha value is -2.48. The summed E-state index contributed by atoms with van der Waals surface area (Å²) in [4.78, 5) is 4.11. The predicted octanol–water partition coefficient (Wildman–Crippen LogP) is 3.69. The molecule has 2 rings (SSSR count). The van der Waals surface area contributed by atoms with Gasteiger partial charge in [-0.05, 0) is 48.7 Å². The van der Waals surface area contributed by atoms with Crippen LogP contribution in [0.2, 0.25) is 0 Å². The zero-order valence-electron chi connectivity index (χ0n) is 10.5. The minimum absolute atomic E-state index is 0.267. The number of halogens is 3. The molecule has 2 nitrogen and oxygen atoms in total. The molecule has 0 bridgehead atoms. The first-order valence-electron chi connectivity index (χ1n) is 5.73. The average Bonchev–Trinajstić information content (AvgIpc) is 2.38. The van der Waals surface area contributed by atoms with Crippen molar-refractivity contribution in [2.45, 2.75) is 13.3 Å². The van der Waals surface area contributed by atoms with E-state index in [0.717, 1.165) is 5.56 Å². The van der Waals surface area contributed by atoms with Crippen molar-refractivity contribution in [3.63, 3.8) is 0 Å². The largest absolute Gasteiger partial charge is 0.573 e. The van der Waals surface area contributed by atoms with Crippen LogP contribution in [0.1, 0.15) is 16.8 Å². The van der Waals surface area contributed by atoms with E-state index in [1.165, 1.54) is 24.3 Å². The number of aryl methyl sites for hydroxylation is 1. The molecule has 1 heterocycles. The van der Waals surface area contributed by atoms with Crippen LogP contribution in [0.4, 0.5) is 13.2 Å². The minimum Gasteiger partial charge on any atom is -0.406 e. The predicted molar refractivity (Wildman–Crippen MR) is 68.1 cm³/mol. The molecule has 0 saturated heterocycles. The summed E-state index contributed by atoms with van der Waals surface area (Å²) in [7, 11) is 0. The molecule has 1 aromatic carbocycles. The van der Waals surface area contributed by atoms with Gasteiger partial charge in [0.05, 0.1) is 0 Å². The number of hydrogen-bond acceptors (Lipinski definition) is 2. The third-order valence-corrected chi connectivity index (χ3v) is 2.33. The van der Waals surface area contributed by atoms with Crippen molar-refractivity contribution in [1.82, 2.24) is 4.98 Å². The van der Waals surface area contributed by atoms with Gasteiger partial charge in [-0.1, -0.05) is 12.0 Å². The number of aromatic nitrogens is 1. The van der Waals surface area contributed by atoms with E-state index < -0.39 is 6.36 Å². The molecule has 0 spiro atoms. The molecular weight excluding hydrogens is 267 g/mol. The highest BCUT2D eigenvalue weighted by Crippen LogP contribution is 2.22. The van der Waals surface area contributed by atoms with Crippen molar-refractivity contribution in [3.05, 3.63) is 59.4 Å². The lowest BCUT2D eigenvalue weighted by molar-refractivity contribution is -0.274. The normalized spacial score (nSPS) is 10.6. The average molecular weight is 277 g/mol. The fourth-order valence-corrected chi connectivity index (χ4v) is 1.42. The molecule has 0 aliphatic rings. The van der Waals surface area contributed by atoms with Crippen LogP contribution in [0.25, 0.3) is 0 Å². The maximum atomic E-state index is 12.0. The van der Waals surface area contributed by atoms with E-state index in [2.05, 4.69) is 21.6 Å². The van der Waals surface area contributed by atoms with Gasteiger partial charge in [-0.2, -0.15) is 0 Å². The molecule has 2 aromatic rings. The molecule has 0 N–H and O–H groups in total. The van der Waals surface area contributed by atoms with Gasteiger partial charge in [-0.15, -0.1) is 13.2 Å². The lowest BCUT2D eigenvalue weighted by Crippen LogP contribution is -2.16. The summed E-state index contributed by atoms with van der Waals surface area (Å²) in [6.45, 7) is 1.92. The van der Waals surface area contributed by atoms with Crippen molar-refractivity contribution in [1.29, 1.82) is 0 Å². The number of nitrogens with zero attached hydrogens (tertiary/aromatic N) is 1. The standard InChI is InChI=1S/C15H10F3NO/c1-11-2-6-13(19-10-11)7-3-12-4-8-14(9-5-12)20-15(16,17)18/h2,4-6,8-10H,1H3. The Morgan fingerprint density at radius 1 is 1.00 bits per heavy atom. The highest BCUT2D eigenvalue weighted by molar-refractivity contribution is 5.42. The number of ether oxygens (including phenoxy) is 1. The highest BCUT2D eigenvalue weighted by atomic mass is 19.4. The van der Waals surface area contributed by atoms with Gasteiger partial charge in [0.2, 0.25) is 0 Å². The number of alkyl halides is 3. The van der Waals surface area contributed by atoms with E-state index in [0.29, 0.717) is 11.3 Å². The van der Waals surface area contributed by atoms with Crippen LogP contribution in [-0.2, 0) is 0 Å². The Labute approximate surface area is 114 Å². The van der Waals surface area contributed by atoms with Crippen LogP contribution in [0.3, 0.4) is 0 Å². The summed E-state index contributed by atoms with van der Waals surface area (Å²) in [5, 5.41) is 0. The lowest BCUT2D eigenvalue weighted by atomic mass is 10.2. The molecule has 0 amide bonds. The highest BCUT2D eigenvalue weighted by Gasteiger charge is 2.30. The van der Waals surface area contributed by atoms with Crippen molar-refractivity contribution in [3.8, 4) is 17.6 Å². The van der Waals surface area contributed by atoms with Gasteiger partial charge in [-0.25, -0.2) is 4.98 Å². The lowest BCUT2D eigenvalue weighted by Gasteiger charge is -2.07. The summed E-state index contributed by atoms with van der Waals surface area (Å²) >= 11 is 0. The Morgan fingerprint density at radius 2 is 1.70 bits per heavy atom. The topological polar surface area (TPSA) is 22.1 Å². The first-order chi connectivity index (χ1) is 9.42. The molecular formula is C15H10F3NO. The Morgan fingerprint density at radius 3 is 2.25 bits per heavy atom. The van der Waals surface area contributed by atoms with E-state index in [4.69, 9.17) is 0 Å². The fraction of sp³-hybridized carbons (Fsp3) is 0.133. The smallest absolute Gasteiger partial charge is 0.406 e. The third-order valence-electron chi connectivity index (χ3n) is 2.33. The van der Waals surface area contributed by atoms with Gasteiger partial charge < -0.3 is 4.74 Å². The number of benzene rings is 1. The second-order valence-electron chi connectivity index (χ2n) is 4.04. The number of pyridine rings is 1. The second kappa shape index (κ2) is 5.66. The summed E-state index contributed by atoms with van der Waals surface area (Å²) in [6.07, 6.45) is -2.98. The molecule has 1 aromatic heterocycles. The quantitative estimate of drug-likeness (QED) is 0.742. The Bertz CT molecular complexity index is 634. The van der Waals surface area contributed by atoms with Crippen molar-refractivity contribution in [2.24, 2.45) is 0 Å². The van der Waals surface area contributed by atoms with Crippen molar-refractivity contribution >= 4 is 0 Å². The Balaban J connectivity index is 2.10. The Kier molecular flexibility index (Phi) is 3.94. The first kappa shape index (κ1) is 13.9. The first-order valence-corrected chi connectivity index (χ1v) is 5.73. The van der Waals surface area contributed by atoms with Gasteiger partial charge in [0.1, 0.15) is 11.4 Å². The number of rotatable bonds is 1. The molecule has 0 radical (unpaired) electrons. The molecule has 0 unspecified atom stereocenters. The van der Waals surface area contributed by atoms with Crippen LogP contribution in [0, 0.1) is 18.8 Å². The van der Waals surface area contributed by atoms with Crippen LogP contribution in [0.15, 0.2) is 42.6 Å². The summed E-state index contributed by atoms with van der Waals surface area (Å²) in [5.74, 6) is 5.39. The molecule has 0 atom stereocenters. The maximum absolute atomic E-state index is 12.0. The summed E-state index contributed by atoms with van der Waals surface area (Å²) in [6, 6.07) is 9.03. The summed E-state index contributed by atoms with van der Waals surface area (Å²) in [5.41, 5.74) is 2.22. The van der Waals surface area contributed by atoms with Crippen LogP contribution in [0.5, 0.6) is 5.75 Å². The maximum Gasteiger partial charge on any atom is 0.573 e. The van der Waals surface area contributed by atoms with Gasteiger partial charge in [0.25, 0.3) is 0 Å². The number of hydrogen-bond donors (Lipinski definition) is 0. The van der Waals surface area contributed by atoms with Gasteiger partial charge in [0.15, 0.2) is 0 Å². The van der Waals surface area contributed by atoms with Crippen molar-refractivity contribution < 1.29 is 17.9 Å². The minimum atomic E-state index is -4.68. The molecule has 0 aliphatic heterocycles. The van der Waals surface area contributed by atoms with Gasteiger partial charge in [-0.3, -0.25) is 0 Å². The van der Waals surface area contributed by atoms with Crippen LogP contribution in [-0.4, -0.2) is 11.3 Å². The molecule has 5 heteroatoms. The SMILES string of the molecule is Cc1ccc(C#Cc2ccc(OC(F)(F)F)cc2)nc1. The van der Waals surface area contributed by atoms with E-state index in [9.17, 15) is 13.2 Å². The monoisotopic (exact) mass is 277 g/mol. The van der Waals surface area contributed by atoms with Crippen molar-refractivity contribution in [2.75, 3.05) is 0 Å². The van der Waals surface area contributed by atoms with E-state index >= 15 is 0 Å². The van der Waals surface area contributed by atoms with Gasteiger partial charge >= 0.3 is 6.36 Å². The third kappa shape index (κ3) is 4.32. The van der Waals surface area contributed by atoms with Crippen LogP contribution >= 0.6 is 0 Å². The molecule has 20 heavy (non-hydrogen) atoms. The van der Waals surface area contributed by atoms with E-state index in [1.54, 1.807) is 12.3 Å². The second-order valence-corrected chi connectivity index (χ2v) is 4.04. The molecule has 102 valence electrons. The van der Waals surface area contributed by atoms with Crippen LogP contribution < -0.4 is 4.74 Å². The zero-order chi connectivity index (χ0) is 14.6. The molecule has 0 aliphatic carbocycles.